The highest BCUT2D eigenvalue weighted by atomic mass is 19.4. The van der Waals surface area contributed by atoms with Gasteiger partial charge < -0.3 is 10.0 Å². The summed E-state index contributed by atoms with van der Waals surface area (Å²) in [5, 5.41) is 8.68. The number of piperidine rings is 1. The van der Waals surface area contributed by atoms with Gasteiger partial charge in [0.15, 0.2) is 0 Å². The summed E-state index contributed by atoms with van der Waals surface area (Å²) in [4.78, 5) is 22.1. The Morgan fingerprint density at radius 3 is 2.33 bits per heavy atom. The number of aliphatic carboxylic acids is 1. The van der Waals surface area contributed by atoms with E-state index >= 15 is 0 Å². The second-order valence-corrected chi connectivity index (χ2v) is 3.86. The first kappa shape index (κ1) is 10.3. The molecule has 7 heteroatoms. The number of carboxylic acid groups (broad SMARTS) is 1. The molecule has 1 N–H and O–H groups in total. The van der Waals surface area contributed by atoms with Crippen molar-refractivity contribution in [1.29, 1.82) is 0 Å². The van der Waals surface area contributed by atoms with Gasteiger partial charge in [-0.05, 0) is 18.8 Å². The zero-order valence-electron chi connectivity index (χ0n) is 7.49. The summed E-state index contributed by atoms with van der Waals surface area (Å²) in [5.74, 6) is -3.45. The minimum absolute atomic E-state index is 0.0580. The predicted octanol–water partition coefficient (Wildman–Crippen LogP) is 0.623. The van der Waals surface area contributed by atoms with Crippen LogP contribution in [0.5, 0.6) is 0 Å². The molecule has 1 amide bonds. The number of halogens is 3. The smallest absolute Gasteiger partial charge is 0.471 e. The van der Waals surface area contributed by atoms with Crippen LogP contribution in [0.25, 0.3) is 0 Å². The molecule has 0 spiro atoms. The molecule has 2 fully saturated rings. The van der Waals surface area contributed by atoms with Crippen LogP contribution in [0, 0.1) is 5.92 Å². The van der Waals surface area contributed by atoms with E-state index in [4.69, 9.17) is 5.11 Å². The summed E-state index contributed by atoms with van der Waals surface area (Å²) < 4.78 is 36.4. The number of hydrogen-bond donors (Lipinski definition) is 1. The van der Waals surface area contributed by atoms with Gasteiger partial charge in [-0.2, -0.15) is 13.2 Å². The molecule has 0 radical (unpaired) electrons. The highest BCUT2D eigenvalue weighted by Crippen LogP contribution is 2.49. The van der Waals surface area contributed by atoms with Crippen molar-refractivity contribution in [2.45, 2.75) is 31.1 Å². The molecule has 1 heterocycles. The third-order valence-corrected chi connectivity index (χ3v) is 2.87. The summed E-state index contributed by atoms with van der Waals surface area (Å²) in [5.41, 5.74) is 0. The van der Waals surface area contributed by atoms with Gasteiger partial charge in [-0.25, -0.2) is 4.79 Å². The van der Waals surface area contributed by atoms with Crippen LogP contribution in [0.4, 0.5) is 13.2 Å². The van der Waals surface area contributed by atoms with Crippen LogP contribution >= 0.6 is 0 Å². The Balaban J connectivity index is 2.19. The fraction of sp³-hybridized carbons (Fsp3) is 0.750. The first-order valence-corrected chi connectivity index (χ1v) is 4.44. The first-order valence-electron chi connectivity index (χ1n) is 4.44. The van der Waals surface area contributed by atoms with E-state index in [0.717, 1.165) is 0 Å². The van der Waals surface area contributed by atoms with E-state index in [0.29, 0.717) is 11.3 Å². The molecule has 2 rings (SSSR count). The van der Waals surface area contributed by atoms with Crippen LogP contribution in [-0.4, -0.2) is 40.1 Å². The fourth-order valence-electron chi connectivity index (χ4n) is 2.12. The average molecular weight is 223 g/mol. The maximum Gasteiger partial charge on any atom is 0.471 e. The number of amides is 1. The lowest BCUT2D eigenvalue weighted by molar-refractivity contribution is -0.189. The molecule has 0 aromatic rings. The monoisotopic (exact) mass is 223 g/mol. The van der Waals surface area contributed by atoms with Gasteiger partial charge in [-0.1, -0.05) is 0 Å². The zero-order valence-corrected chi connectivity index (χ0v) is 7.49. The first-order chi connectivity index (χ1) is 6.82. The van der Waals surface area contributed by atoms with Crippen molar-refractivity contribution in [2.24, 2.45) is 5.92 Å². The van der Waals surface area contributed by atoms with Crippen molar-refractivity contribution in [1.82, 2.24) is 4.90 Å². The lowest BCUT2D eigenvalue weighted by atomic mass is 10.1. The standard InChI is InChI=1S/C8H8F3NO3/c9-8(10,11)7(15)12-4-1-3(4)2-5(12)6(13)14/h3-5H,1-2H2,(H,13,14)/t3-,4-,5+/m1/s1. The molecule has 4 nitrogen and oxygen atoms in total. The van der Waals surface area contributed by atoms with Crippen LogP contribution < -0.4 is 0 Å². The zero-order chi connectivity index (χ0) is 11.4. The summed E-state index contributed by atoms with van der Waals surface area (Å²) in [6, 6.07) is -1.82. The summed E-state index contributed by atoms with van der Waals surface area (Å²) in [6.45, 7) is 0. The highest BCUT2D eigenvalue weighted by Gasteiger charge is 2.60. The molecule has 15 heavy (non-hydrogen) atoms. The molecule has 1 saturated heterocycles. The van der Waals surface area contributed by atoms with Crippen molar-refractivity contribution in [3.05, 3.63) is 0 Å². The minimum Gasteiger partial charge on any atom is -0.480 e. The topological polar surface area (TPSA) is 57.6 Å². The highest BCUT2D eigenvalue weighted by molar-refractivity contribution is 5.88. The Morgan fingerprint density at radius 2 is 1.87 bits per heavy atom. The van der Waals surface area contributed by atoms with Gasteiger partial charge in [0.25, 0.3) is 0 Å². The van der Waals surface area contributed by atoms with Gasteiger partial charge in [-0.3, -0.25) is 4.79 Å². The largest absolute Gasteiger partial charge is 0.480 e. The van der Waals surface area contributed by atoms with Crippen molar-refractivity contribution < 1.29 is 27.9 Å². The van der Waals surface area contributed by atoms with Crippen LogP contribution in [-0.2, 0) is 9.59 Å². The van der Waals surface area contributed by atoms with Gasteiger partial charge >= 0.3 is 18.1 Å². The molecule has 3 atom stereocenters. The number of hydrogen-bond acceptors (Lipinski definition) is 2. The van der Waals surface area contributed by atoms with E-state index in [1.165, 1.54) is 0 Å². The molecule has 0 aromatic heterocycles. The van der Waals surface area contributed by atoms with Crippen LogP contribution in [0.15, 0.2) is 0 Å². The molecule has 2 aliphatic rings. The average Bonchev–Trinajstić information content (AvgIpc) is 2.75. The van der Waals surface area contributed by atoms with E-state index in [9.17, 15) is 22.8 Å². The quantitative estimate of drug-likeness (QED) is 0.709. The number of carbonyl (C=O) groups excluding carboxylic acids is 1. The summed E-state index contributed by atoms with van der Waals surface area (Å²) >= 11 is 0. The van der Waals surface area contributed by atoms with Gasteiger partial charge in [0.1, 0.15) is 6.04 Å². The number of carbonyl (C=O) groups is 2. The van der Waals surface area contributed by atoms with Crippen molar-refractivity contribution >= 4 is 11.9 Å². The number of alkyl halides is 3. The number of carboxylic acids is 1. The molecule has 1 aliphatic carbocycles. The fourth-order valence-corrected chi connectivity index (χ4v) is 2.12. The predicted molar refractivity (Wildman–Crippen MR) is 40.8 cm³/mol. The number of fused-ring (bicyclic) bond motifs is 1. The van der Waals surface area contributed by atoms with Gasteiger partial charge in [-0.15, -0.1) is 0 Å². The maximum absolute atomic E-state index is 12.1. The molecule has 84 valence electrons. The Morgan fingerprint density at radius 1 is 1.27 bits per heavy atom. The maximum atomic E-state index is 12.1. The Kier molecular flexibility index (Phi) is 1.96. The van der Waals surface area contributed by atoms with Gasteiger partial charge in [0, 0.05) is 6.04 Å². The molecule has 1 aliphatic heterocycles. The van der Waals surface area contributed by atoms with E-state index in [2.05, 4.69) is 0 Å². The van der Waals surface area contributed by atoms with Gasteiger partial charge in [0.05, 0.1) is 0 Å². The van der Waals surface area contributed by atoms with Gasteiger partial charge in [0.2, 0.25) is 0 Å². The molecule has 0 unspecified atom stereocenters. The second-order valence-electron chi connectivity index (χ2n) is 3.86. The molecular weight excluding hydrogens is 215 g/mol. The Labute approximate surface area is 82.7 Å². The lowest BCUT2D eigenvalue weighted by Gasteiger charge is -2.25. The van der Waals surface area contributed by atoms with Crippen LogP contribution in [0.3, 0.4) is 0 Å². The Hall–Kier alpha value is -1.27. The summed E-state index contributed by atoms with van der Waals surface area (Å²) in [7, 11) is 0. The Bertz CT molecular complexity index is 328. The van der Waals surface area contributed by atoms with E-state index in [1.54, 1.807) is 0 Å². The second kappa shape index (κ2) is 2.86. The van der Waals surface area contributed by atoms with Crippen molar-refractivity contribution in [3.63, 3.8) is 0 Å². The third kappa shape index (κ3) is 1.55. The third-order valence-electron chi connectivity index (χ3n) is 2.87. The van der Waals surface area contributed by atoms with E-state index < -0.39 is 30.1 Å². The number of likely N-dealkylation sites (tertiary alicyclic amines) is 1. The lowest BCUT2D eigenvalue weighted by Crippen LogP contribution is -2.48. The molecule has 0 bridgehead atoms. The molecular formula is C8H8F3NO3. The van der Waals surface area contributed by atoms with Crippen molar-refractivity contribution in [2.75, 3.05) is 0 Å². The van der Waals surface area contributed by atoms with Crippen LogP contribution in [0.1, 0.15) is 12.8 Å². The molecule has 0 aromatic carbocycles. The number of nitrogens with zero attached hydrogens (tertiary/aromatic N) is 1. The van der Waals surface area contributed by atoms with Crippen LogP contribution in [0.2, 0.25) is 0 Å². The summed E-state index contributed by atoms with van der Waals surface area (Å²) in [6.07, 6.45) is -4.35. The molecule has 1 saturated carbocycles. The van der Waals surface area contributed by atoms with E-state index in [-0.39, 0.29) is 12.3 Å². The van der Waals surface area contributed by atoms with Crippen molar-refractivity contribution in [3.8, 4) is 0 Å². The SMILES string of the molecule is O=C(O)[C@@H]1C[C@H]2C[C@H]2N1C(=O)C(F)(F)F. The number of rotatable bonds is 1. The minimum atomic E-state index is -4.98. The normalized spacial score (nSPS) is 33.8. The van der Waals surface area contributed by atoms with E-state index in [1.807, 2.05) is 0 Å².